The average Bonchev–Trinajstić information content (AvgIpc) is 2.52. The molecule has 1 N–H and O–H groups in total. The molecule has 1 aromatic carbocycles. The maximum Gasteiger partial charge on any atom is 0.246 e. The van der Waals surface area contributed by atoms with Crippen molar-refractivity contribution in [2.24, 2.45) is 5.92 Å². The number of nitrogens with zero attached hydrogens (tertiary/aromatic N) is 1. The lowest BCUT2D eigenvalue weighted by molar-refractivity contribution is -0.127. The number of methoxy groups -OCH3 is 1. The molecule has 1 aromatic rings. The van der Waals surface area contributed by atoms with Gasteiger partial charge >= 0.3 is 0 Å². The van der Waals surface area contributed by atoms with E-state index in [9.17, 15) is 9.18 Å². The standard InChI is InChI=1S/C16H20FNO3/c1-21-15-4-2-12(10-14(15)17)3-5-16(20)18-8-6-13(11-19)7-9-18/h2-5,10,13,19H,6-9,11H2,1H3/b5-3+. The fourth-order valence-corrected chi connectivity index (χ4v) is 2.40. The van der Waals surface area contributed by atoms with E-state index in [4.69, 9.17) is 9.84 Å². The molecule has 5 heteroatoms. The van der Waals surface area contributed by atoms with Gasteiger partial charge in [-0.3, -0.25) is 4.79 Å². The van der Waals surface area contributed by atoms with Gasteiger partial charge in [-0.25, -0.2) is 4.39 Å². The van der Waals surface area contributed by atoms with Crippen LogP contribution in [-0.2, 0) is 4.79 Å². The van der Waals surface area contributed by atoms with Crippen molar-refractivity contribution in [2.75, 3.05) is 26.8 Å². The number of piperidine rings is 1. The van der Waals surface area contributed by atoms with Gasteiger partial charge in [0.1, 0.15) is 0 Å². The van der Waals surface area contributed by atoms with E-state index in [0.717, 1.165) is 12.8 Å². The monoisotopic (exact) mass is 293 g/mol. The molecule has 1 fully saturated rings. The van der Waals surface area contributed by atoms with Crippen LogP contribution >= 0.6 is 0 Å². The van der Waals surface area contributed by atoms with E-state index in [0.29, 0.717) is 24.6 Å². The molecule has 1 aliphatic heterocycles. The number of carbonyl (C=O) groups excluding carboxylic acids is 1. The SMILES string of the molecule is COc1ccc(/C=C/C(=O)N2CCC(CO)CC2)cc1F. The Morgan fingerprint density at radius 3 is 2.76 bits per heavy atom. The minimum Gasteiger partial charge on any atom is -0.494 e. The normalized spacial score (nSPS) is 16.4. The van der Waals surface area contributed by atoms with Gasteiger partial charge in [0.05, 0.1) is 7.11 Å². The van der Waals surface area contributed by atoms with Gasteiger partial charge in [0.2, 0.25) is 5.91 Å². The van der Waals surface area contributed by atoms with Gasteiger partial charge in [-0.2, -0.15) is 0 Å². The Hall–Kier alpha value is -1.88. The van der Waals surface area contributed by atoms with Crippen molar-refractivity contribution >= 4 is 12.0 Å². The second kappa shape index (κ2) is 7.22. The molecule has 114 valence electrons. The summed E-state index contributed by atoms with van der Waals surface area (Å²) in [6.07, 6.45) is 4.71. The Bertz CT molecular complexity index is 522. The predicted molar refractivity (Wildman–Crippen MR) is 78.4 cm³/mol. The highest BCUT2D eigenvalue weighted by Gasteiger charge is 2.20. The van der Waals surface area contributed by atoms with Crippen molar-refractivity contribution in [1.29, 1.82) is 0 Å². The number of rotatable bonds is 4. The molecule has 0 atom stereocenters. The van der Waals surface area contributed by atoms with Crippen molar-refractivity contribution in [3.05, 3.63) is 35.7 Å². The van der Waals surface area contributed by atoms with E-state index in [2.05, 4.69) is 0 Å². The summed E-state index contributed by atoms with van der Waals surface area (Å²) in [5.74, 6) is -0.0447. The minimum absolute atomic E-state index is 0.0809. The highest BCUT2D eigenvalue weighted by Crippen LogP contribution is 2.19. The molecule has 0 spiro atoms. The van der Waals surface area contributed by atoms with Gasteiger partial charge < -0.3 is 14.7 Å². The number of ether oxygens (including phenoxy) is 1. The zero-order chi connectivity index (χ0) is 15.2. The number of carbonyl (C=O) groups is 1. The van der Waals surface area contributed by atoms with Crippen molar-refractivity contribution in [3.8, 4) is 5.75 Å². The van der Waals surface area contributed by atoms with Gasteiger partial charge in [-0.05, 0) is 42.5 Å². The van der Waals surface area contributed by atoms with Crippen molar-refractivity contribution < 1.29 is 19.0 Å². The van der Waals surface area contributed by atoms with Crippen LogP contribution < -0.4 is 4.74 Å². The van der Waals surface area contributed by atoms with Gasteiger partial charge in [-0.15, -0.1) is 0 Å². The van der Waals surface area contributed by atoms with Crippen LogP contribution in [-0.4, -0.2) is 42.7 Å². The number of aliphatic hydroxyl groups excluding tert-OH is 1. The topological polar surface area (TPSA) is 49.8 Å². The van der Waals surface area contributed by atoms with Crippen LogP contribution in [0.1, 0.15) is 18.4 Å². The first-order valence-corrected chi connectivity index (χ1v) is 7.05. The Labute approximate surface area is 123 Å². The maximum atomic E-state index is 13.5. The molecule has 0 aliphatic carbocycles. The maximum absolute atomic E-state index is 13.5. The Morgan fingerprint density at radius 2 is 2.19 bits per heavy atom. The molecule has 2 rings (SSSR count). The second-order valence-electron chi connectivity index (χ2n) is 5.18. The lowest BCUT2D eigenvalue weighted by Crippen LogP contribution is -2.38. The third-order valence-electron chi connectivity index (χ3n) is 3.78. The number of amides is 1. The number of hydrogen-bond acceptors (Lipinski definition) is 3. The van der Waals surface area contributed by atoms with Crippen molar-refractivity contribution in [2.45, 2.75) is 12.8 Å². The average molecular weight is 293 g/mol. The fourth-order valence-electron chi connectivity index (χ4n) is 2.40. The van der Waals surface area contributed by atoms with E-state index in [-0.39, 0.29) is 18.3 Å². The summed E-state index contributed by atoms with van der Waals surface area (Å²) < 4.78 is 18.4. The first kappa shape index (κ1) is 15.5. The summed E-state index contributed by atoms with van der Waals surface area (Å²) in [6.45, 7) is 1.50. The number of halogens is 1. The summed E-state index contributed by atoms with van der Waals surface area (Å²) in [5, 5.41) is 9.07. The van der Waals surface area contributed by atoms with E-state index in [1.807, 2.05) is 0 Å². The highest BCUT2D eigenvalue weighted by molar-refractivity contribution is 5.91. The lowest BCUT2D eigenvalue weighted by atomic mass is 9.98. The zero-order valence-electron chi connectivity index (χ0n) is 12.1. The van der Waals surface area contributed by atoms with Crippen LogP contribution in [0.3, 0.4) is 0 Å². The molecule has 1 heterocycles. The van der Waals surface area contributed by atoms with Crippen molar-refractivity contribution in [3.63, 3.8) is 0 Å². The van der Waals surface area contributed by atoms with Crippen LogP contribution in [0.25, 0.3) is 6.08 Å². The number of benzene rings is 1. The summed E-state index contributed by atoms with van der Waals surface area (Å²) in [6, 6.07) is 4.57. The van der Waals surface area contributed by atoms with Crippen molar-refractivity contribution in [1.82, 2.24) is 4.90 Å². The van der Waals surface area contributed by atoms with E-state index in [1.54, 1.807) is 17.0 Å². The molecule has 1 saturated heterocycles. The molecular formula is C16H20FNO3. The fraction of sp³-hybridized carbons (Fsp3) is 0.438. The van der Waals surface area contributed by atoms with Crippen LogP contribution in [0.5, 0.6) is 5.75 Å². The number of hydrogen-bond donors (Lipinski definition) is 1. The zero-order valence-corrected chi connectivity index (χ0v) is 12.1. The smallest absolute Gasteiger partial charge is 0.246 e. The number of likely N-dealkylation sites (tertiary alicyclic amines) is 1. The molecule has 0 radical (unpaired) electrons. The predicted octanol–water partition coefficient (Wildman–Crippen LogP) is 2.08. The Kier molecular flexibility index (Phi) is 5.33. The minimum atomic E-state index is -0.448. The highest BCUT2D eigenvalue weighted by atomic mass is 19.1. The van der Waals surface area contributed by atoms with Crippen LogP contribution in [0.4, 0.5) is 4.39 Å². The largest absolute Gasteiger partial charge is 0.494 e. The third kappa shape index (κ3) is 4.04. The lowest BCUT2D eigenvalue weighted by Gasteiger charge is -2.30. The summed E-state index contributed by atoms with van der Waals surface area (Å²) >= 11 is 0. The van der Waals surface area contributed by atoms with E-state index in [1.165, 1.54) is 25.3 Å². The first-order chi connectivity index (χ1) is 10.1. The first-order valence-electron chi connectivity index (χ1n) is 7.05. The molecule has 0 unspecified atom stereocenters. The van der Waals surface area contributed by atoms with Gasteiger partial charge in [-0.1, -0.05) is 6.07 Å². The third-order valence-corrected chi connectivity index (χ3v) is 3.78. The summed E-state index contributed by atoms with van der Waals surface area (Å²) in [4.78, 5) is 13.8. The molecule has 21 heavy (non-hydrogen) atoms. The summed E-state index contributed by atoms with van der Waals surface area (Å²) in [5.41, 5.74) is 0.617. The van der Waals surface area contributed by atoms with Crippen LogP contribution in [0, 0.1) is 11.7 Å². The Morgan fingerprint density at radius 1 is 1.48 bits per heavy atom. The molecular weight excluding hydrogens is 273 g/mol. The van der Waals surface area contributed by atoms with Gasteiger partial charge in [0, 0.05) is 25.8 Å². The van der Waals surface area contributed by atoms with E-state index < -0.39 is 5.82 Å². The summed E-state index contributed by atoms with van der Waals surface area (Å²) in [7, 11) is 1.41. The Balaban J connectivity index is 1.94. The van der Waals surface area contributed by atoms with E-state index >= 15 is 0 Å². The molecule has 4 nitrogen and oxygen atoms in total. The van der Waals surface area contributed by atoms with Gasteiger partial charge in [0.25, 0.3) is 0 Å². The van der Waals surface area contributed by atoms with Crippen LogP contribution in [0.2, 0.25) is 0 Å². The van der Waals surface area contributed by atoms with Crippen LogP contribution in [0.15, 0.2) is 24.3 Å². The molecule has 0 saturated carbocycles. The second-order valence-corrected chi connectivity index (χ2v) is 5.18. The molecule has 1 aliphatic rings. The molecule has 0 aromatic heterocycles. The quantitative estimate of drug-likeness (QED) is 0.865. The molecule has 0 bridgehead atoms. The van der Waals surface area contributed by atoms with Gasteiger partial charge in [0.15, 0.2) is 11.6 Å². The molecule has 1 amide bonds. The number of aliphatic hydroxyl groups is 1.